The van der Waals surface area contributed by atoms with Crippen LogP contribution in [0.15, 0.2) is 52.4 Å². The number of aromatic nitrogens is 2. The van der Waals surface area contributed by atoms with E-state index in [1.165, 1.54) is 28.0 Å². The number of phenols is 1. The average Bonchev–Trinajstić information content (AvgIpc) is 3.30. The molecule has 0 aliphatic rings. The van der Waals surface area contributed by atoms with E-state index in [1.807, 2.05) is 11.4 Å². The number of nitrogens with one attached hydrogen (secondary N) is 1. The van der Waals surface area contributed by atoms with Crippen molar-refractivity contribution >= 4 is 22.8 Å². The van der Waals surface area contributed by atoms with Crippen molar-refractivity contribution in [2.24, 2.45) is 0 Å². The highest BCUT2D eigenvalue weighted by Crippen LogP contribution is 2.31. The van der Waals surface area contributed by atoms with E-state index < -0.39 is 0 Å². The lowest BCUT2D eigenvalue weighted by Gasteiger charge is -2.09. The van der Waals surface area contributed by atoms with Crippen LogP contribution in [0, 0.1) is 20.8 Å². The first-order valence-corrected chi connectivity index (χ1v) is 9.44. The summed E-state index contributed by atoms with van der Waals surface area (Å²) in [4.78, 5) is 4.61. The van der Waals surface area contributed by atoms with Gasteiger partial charge in [-0.25, -0.2) is 4.98 Å². The number of aromatic hydroxyl groups is 1. The Morgan fingerprint density at radius 1 is 1.00 bits per heavy atom. The van der Waals surface area contributed by atoms with Crippen LogP contribution in [0.2, 0.25) is 0 Å². The molecule has 2 aromatic carbocycles. The number of hydrogen-bond acceptors (Lipinski definition) is 6. The van der Waals surface area contributed by atoms with Crippen LogP contribution in [0.4, 0.5) is 11.5 Å². The zero-order valence-corrected chi connectivity index (χ0v) is 16.1. The third kappa shape index (κ3) is 3.57. The van der Waals surface area contributed by atoms with E-state index in [0.29, 0.717) is 11.5 Å². The van der Waals surface area contributed by atoms with Crippen LogP contribution in [0.1, 0.15) is 16.7 Å². The zero-order valence-electron chi connectivity index (χ0n) is 15.3. The molecule has 0 bridgehead atoms. The largest absolute Gasteiger partial charge is 0.508 e. The standard InChI is InChI=1S/C21H19N3O2S/c1-12-8-16(9-13(2)14(12)3)22-20-11-27-21(23-20)19-10-18(24-26-19)15-4-6-17(25)7-5-15/h4-11,22,25H,1-3H3. The summed E-state index contributed by atoms with van der Waals surface area (Å²) in [6.45, 7) is 6.35. The van der Waals surface area contributed by atoms with Gasteiger partial charge in [-0.3, -0.25) is 0 Å². The Morgan fingerprint density at radius 3 is 2.41 bits per heavy atom. The zero-order chi connectivity index (χ0) is 19.0. The van der Waals surface area contributed by atoms with Gasteiger partial charge in [-0.1, -0.05) is 5.16 Å². The van der Waals surface area contributed by atoms with Gasteiger partial charge in [-0.05, 0) is 73.9 Å². The Kier molecular flexibility index (Phi) is 4.41. The number of phenolic OH excluding ortho intramolecular Hbond substituents is 1. The fourth-order valence-corrected chi connectivity index (χ4v) is 3.54. The quantitative estimate of drug-likeness (QED) is 0.467. The Bertz CT molecular complexity index is 1070. The van der Waals surface area contributed by atoms with E-state index in [9.17, 15) is 5.11 Å². The van der Waals surface area contributed by atoms with Gasteiger partial charge < -0.3 is 14.9 Å². The molecule has 5 nitrogen and oxygen atoms in total. The Morgan fingerprint density at radius 2 is 1.70 bits per heavy atom. The molecule has 4 aromatic rings. The lowest BCUT2D eigenvalue weighted by atomic mass is 10.0. The van der Waals surface area contributed by atoms with Crippen molar-refractivity contribution in [3.05, 3.63) is 64.5 Å². The number of benzene rings is 2. The smallest absolute Gasteiger partial charge is 0.196 e. The van der Waals surface area contributed by atoms with Crippen LogP contribution in [0.25, 0.3) is 22.0 Å². The predicted molar refractivity (Wildman–Crippen MR) is 109 cm³/mol. The molecule has 6 heteroatoms. The molecule has 0 radical (unpaired) electrons. The summed E-state index contributed by atoms with van der Waals surface area (Å²) in [7, 11) is 0. The Hall–Kier alpha value is -3.12. The van der Waals surface area contributed by atoms with Crippen LogP contribution in [-0.4, -0.2) is 15.2 Å². The van der Waals surface area contributed by atoms with Crippen LogP contribution >= 0.6 is 11.3 Å². The molecule has 27 heavy (non-hydrogen) atoms. The Balaban J connectivity index is 1.55. The second-order valence-electron chi connectivity index (χ2n) is 6.52. The molecular formula is C21H19N3O2S. The van der Waals surface area contributed by atoms with Crippen molar-refractivity contribution in [1.29, 1.82) is 0 Å². The molecule has 0 saturated carbocycles. The highest BCUT2D eigenvalue weighted by Gasteiger charge is 2.13. The molecule has 0 aliphatic carbocycles. The molecule has 0 aliphatic heterocycles. The molecular weight excluding hydrogens is 358 g/mol. The van der Waals surface area contributed by atoms with Gasteiger partial charge >= 0.3 is 0 Å². The van der Waals surface area contributed by atoms with Crippen LogP contribution in [0.3, 0.4) is 0 Å². The topological polar surface area (TPSA) is 71.2 Å². The van der Waals surface area contributed by atoms with Gasteiger partial charge in [0.2, 0.25) is 0 Å². The number of hydrogen-bond donors (Lipinski definition) is 2. The third-order valence-electron chi connectivity index (χ3n) is 4.59. The maximum atomic E-state index is 9.40. The van der Waals surface area contributed by atoms with Crippen LogP contribution < -0.4 is 5.32 Å². The van der Waals surface area contributed by atoms with E-state index in [-0.39, 0.29) is 5.75 Å². The van der Waals surface area contributed by atoms with E-state index in [4.69, 9.17) is 4.52 Å². The number of nitrogens with zero attached hydrogens (tertiary/aromatic N) is 2. The van der Waals surface area contributed by atoms with Crippen molar-refractivity contribution in [1.82, 2.24) is 10.1 Å². The fraction of sp³-hybridized carbons (Fsp3) is 0.143. The highest BCUT2D eigenvalue weighted by atomic mass is 32.1. The van der Waals surface area contributed by atoms with Gasteiger partial charge in [0.25, 0.3) is 0 Å². The summed E-state index contributed by atoms with van der Waals surface area (Å²) in [6.07, 6.45) is 0. The summed E-state index contributed by atoms with van der Waals surface area (Å²) in [5.74, 6) is 1.62. The second kappa shape index (κ2) is 6.89. The molecule has 2 N–H and O–H groups in total. The summed E-state index contributed by atoms with van der Waals surface area (Å²) in [6, 6.07) is 13.0. The van der Waals surface area contributed by atoms with Gasteiger partial charge in [-0.2, -0.15) is 0 Å². The predicted octanol–water partition coefficient (Wildman–Crippen LogP) is 5.84. The van der Waals surface area contributed by atoms with Crippen molar-refractivity contribution in [3.63, 3.8) is 0 Å². The molecule has 4 rings (SSSR count). The number of aryl methyl sites for hydroxylation is 2. The highest BCUT2D eigenvalue weighted by molar-refractivity contribution is 7.13. The van der Waals surface area contributed by atoms with E-state index in [0.717, 1.165) is 22.1 Å². The Labute approximate surface area is 161 Å². The van der Waals surface area contributed by atoms with E-state index >= 15 is 0 Å². The molecule has 136 valence electrons. The minimum absolute atomic E-state index is 0.222. The summed E-state index contributed by atoms with van der Waals surface area (Å²) in [5.41, 5.74) is 6.42. The van der Waals surface area contributed by atoms with Crippen LogP contribution in [0.5, 0.6) is 5.75 Å². The number of thiazole rings is 1. The van der Waals surface area contributed by atoms with E-state index in [2.05, 4.69) is 48.4 Å². The number of rotatable bonds is 4. The summed E-state index contributed by atoms with van der Waals surface area (Å²) in [5, 5.41) is 19.6. The minimum atomic E-state index is 0.222. The van der Waals surface area contributed by atoms with E-state index in [1.54, 1.807) is 24.3 Å². The van der Waals surface area contributed by atoms with Gasteiger partial charge in [-0.15, -0.1) is 11.3 Å². The maximum Gasteiger partial charge on any atom is 0.196 e. The maximum absolute atomic E-state index is 9.40. The van der Waals surface area contributed by atoms with Crippen molar-refractivity contribution in [2.45, 2.75) is 20.8 Å². The monoisotopic (exact) mass is 377 g/mol. The van der Waals surface area contributed by atoms with Crippen molar-refractivity contribution in [2.75, 3.05) is 5.32 Å². The molecule has 2 heterocycles. The molecule has 0 fully saturated rings. The molecule has 0 atom stereocenters. The molecule has 0 saturated heterocycles. The second-order valence-corrected chi connectivity index (χ2v) is 7.38. The fourth-order valence-electron chi connectivity index (χ4n) is 2.84. The first-order chi connectivity index (χ1) is 13.0. The average molecular weight is 377 g/mol. The molecule has 0 spiro atoms. The first-order valence-electron chi connectivity index (χ1n) is 8.56. The van der Waals surface area contributed by atoms with Gasteiger partial charge in [0, 0.05) is 22.7 Å². The molecule has 0 amide bonds. The van der Waals surface area contributed by atoms with Gasteiger partial charge in [0.15, 0.2) is 10.8 Å². The van der Waals surface area contributed by atoms with Crippen molar-refractivity contribution < 1.29 is 9.63 Å². The third-order valence-corrected chi connectivity index (χ3v) is 5.44. The van der Waals surface area contributed by atoms with Gasteiger partial charge in [0.05, 0.1) is 0 Å². The lowest BCUT2D eigenvalue weighted by molar-refractivity contribution is 0.434. The SMILES string of the molecule is Cc1cc(Nc2csc(-c3cc(-c4ccc(O)cc4)no3)n2)cc(C)c1C. The summed E-state index contributed by atoms with van der Waals surface area (Å²) < 4.78 is 5.46. The van der Waals surface area contributed by atoms with Crippen molar-refractivity contribution in [3.8, 4) is 27.8 Å². The lowest BCUT2D eigenvalue weighted by Crippen LogP contribution is -1.94. The molecule has 0 unspecified atom stereocenters. The normalized spacial score (nSPS) is 10.9. The minimum Gasteiger partial charge on any atom is -0.508 e. The summed E-state index contributed by atoms with van der Waals surface area (Å²) >= 11 is 1.50. The van der Waals surface area contributed by atoms with Gasteiger partial charge in [0.1, 0.15) is 17.3 Å². The van der Waals surface area contributed by atoms with Crippen LogP contribution in [-0.2, 0) is 0 Å². The number of anilines is 2. The molecule has 2 aromatic heterocycles. The first kappa shape index (κ1) is 17.3.